The molecule has 19 heavy (non-hydrogen) atoms. The molecule has 2 heterocycles. The molecule has 1 aromatic rings. The van der Waals surface area contributed by atoms with Crippen LogP contribution in [0.15, 0.2) is 30.5 Å². The number of carbonyl (C=O) groups is 2. The summed E-state index contributed by atoms with van der Waals surface area (Å²) in [6, 6.07) is 3.45. The maximum atomic E-state index is 12.2. The minimum atomic E-state index is -0.176. The summed E-state index contributed by atoms with van der Waals surface area (Å²) < 4.78 is 0. The lowest BCUT2D eigenvalue weighted by atomic mass is 9.85. The normalized spacial score (nSPS) is 25.8. The van der Waals surface area contributed by atoms with Gasteiger partial charge in [-0.1, -0.05) is 23.8 Å². The van der Waals surface area contributed by atoms with Gasteiger partial charge in [-0.3, -0.25) is 19.5 Å². The first-order valence-electron chi connectivity index (χ1n) is 6.27. The average Bonchev–Trinajstić information content (AvgIpc) is 2.67. The molecule has 5 heteroatoms. The minimum absolute atomic E-state index is 0.0731. The number of hydrogen-bond acceptors (Lipinski definition) is 3. The molecule has 98 valence electrons. The summed E-state index contributed by atoms with van der Waals surface area (Å²) >= 11 is 5.77. The highest BCUT2D eigenvalue weighted by Crippen LogP contribution is 2.35. The summed E-state index contributed by atoms with van der Waals surface area (Å²) in [5, 5.41) is 0.542. The number of likely N-dealkylation sites (tertiary alicyclic amines) is 1. The first-order valence-corrected chi connectivity index (χ1v) is 6.65. The molecule has 0 saturated carbocycles. The van der Waals surface area contributed by atoms with Gasteiger partial charge in [0, 0.05) is 6.20 Å². The van der Waals surface area contributed by atoms with Crippen LogP contribution >= 0.6 is 11.6 Å². The maximum absolute atomic E-state index is 12.2. The van der Waals surface area contributed by atoms with Crippen molar-refractivity contribution in [3.63, 3.8) is 0 Å². The standard InChI is InChI=1S/C14H13ClN2O2/c15-9-5-6-10(16-7-9)8-17-13(18)11-3-1-2-4-12(11)14(17)19/h1-2,5-7,11-12H,3-4,8H2/t11-,12-/m0/s1. The van der Waals surface area contributed by atoms with Crippen LogP contribution in [-0.2, 0) is 16.1 Å². The third-order valence-corrected chi connectivity index (χ3v) is 3.93. The van der Waals surface area contributed by atoms with E-state index in [4.69, 9.17) is 11.6 Å². The van der Waals surface area contributed by atoms with E-state index in [0.717, 1.165) is 0 Å². The Balaban J connectivity index is 1.80. The molecule has 0 aromatic carbocycles. The van der Waals surface area contributed by atoms with Crippen LogP contribution in [-0.4, -0.2) is 21.7 Å². The molecule has 0 spiro atoms. The summed E-state index contributed by atoms with van der Waals surface area (Å²) in [5.41, 5.74) is 0.678. The lowest BCUT2D eigenvalue weighted by molar-refractivity contribution is -0.140. The molecule has 0 bridgehead atoms. The van der Waals surface area contributed by atoms with Crippen molar-refractivity contribution >= 4 is 23.4 Å². The van der Waals surface area contributed by atoms with Crippen LogP contribution in [0.25, 0.3) is 0 Å². The molecule has 0 radical (unpaired) electrons. The van der Waals surface area contributed by atoms with Gasteiger partial charge in [0.2, 0.25) is 11.8 Å². The largest absolute Gasteiger partial charge is 0.276 e. The van der Waals surface area contributed by atoms with Crippen LogP contribution < -0.4 is 0 Å². The second-order valence-electron chi connectivity index (χ2n) is 4.89. The highest BCUT2D eigenvalue weighted by atomic mass is 35.5. The van der Waals surface area contributed by atoms with Crippen LogP contribution in [0.5, 0.6) is 0 Å². The number of allylic oxidation sites excluding steroid dienone is 2. The zero-order valence-corrected chi connectivity index (χ0v) is 11.0. The number of imide groups is 1. The second kappa shape index (κ2) is 4.78. The van der Waals surface area contributed by atoms with Gasteiger partial charge in [-0.25, -0.2) is 0 Å². The molecular weight excluding hydrogens is 264 g/mol. The molecule has 2 atom stereocenters. The molecule has 3 rings (SSSR count). The molecule has 2 amide bonds. The Hall–Kier alpha value is -1.68. The van der Waals surface area contributed by atoms with Crippen molar-refractivity contribution in [3.8, 4) is 0 Å². The predicted molar refractivity (Wildman–Crippen MR) is 70.2 cm³/mol. The fraction of sp³-hybridized carbons (Fsp3) is 0.357. The van der Waals surface area contributed by atoms with Crippen molar-refractivity contribution in [3.05, 3.63) is 41.2 Å². The SMILES string of the molecule is O=C1[C@H]2CC=CC[C@@H]2C(=O)N1Cc1ccc(Cl)cn1. The summed E-state index contributed by atoms with van der Waals surface area (Å²) in [4.78, 5) is 29.9. The van der Waals surface area contributed by atoms with Gasteiger partial charge in [0.05, 0.1) is 29.1 Å². The number of halogens is 1. The number of rotatable bonds is 2. The number of fused-ring (bicyclic) bond motifs is 1. The van der Waals surface area contributed by atoms with Crippen LogP contribution in [0, 0.1) is 11.8 Å². The summed E-state index contributed by atoms with van der Waals surface area (Å²) in [7, 11) is 0. The number of hydrogen-bond donors (Lipinski definition) is 0. The van der Waals surface area contributed by atoms with E-state index in [-0.39, 0.29) is 30.2 Å². The fourth-order valence-electron chi connectivity index (χ4n) is 2.69. The molecule has 1 aromatic heterocycles. The molecule has 2 aliphatic rings. The van der Waals surface area contributed by atoms with Crippen LogP contribution in [0.1, 0.15) is 18.5 Å². The van der Waals surface area contributed by atoms with Gasteiger partial charge in [-0.15, -0.1) is 0 Å². The van der Waals surface area contributed by atoms with Crippen molar-refractivity contribution < 1.29 is 9.59 Å². The fourth-order valence-corrected chi connectivity index (χ4v) is 2.80. The predicted octanol–water partition coefficient (Wildman–Crippen LogP) is 2.19. The minimum Gasteiger partial charge on any atom is -0.276 e. The van der Waals surface area contributed by atoms with E-state index in [2.05, 4.69) is 4.98 Å². The van der Waals surface area contributed by atoms with Gasteiger partial charge in [0.15, 0.2) is 0 Å². The number of amides is 2. The van der Waals surface area contributed by atoms with Crippen molar-refractivity contribution in [1.82, 2.24) is 9.88 Å². The van der Waals surface area contributed by atoms with Gasteiger partial charge in [0.1, 0.15) is 0 Å². The summed E-state index contributed by atoms with van der Waals surface area (Å²) in [6.45, 7) is 0.238. The van der Waals surface area contributed by atoms with Gasteiger partial charge in [-0.2, -0.15) is 0 Å². The lowest BCUT2D eigenvalue weighted by Gasteiger charge is -2.14. The van der Waals surface area contributed by atoms with E-state index >= 15 is 0 Å². The van der Waals surface area contributed by atoms with Crippen LogP contribution in [0.3, 0.4) is 0 Å². The highest BCUT2D eigenvalue weighted by molar-refractivity contribution is 6.30. The van der Waals surface area contributed by atoms with Crippen LogP contribution in [0.4, 0.5) is 0 Å². The monoisotopic (exact) mass is 276 g/mol. The van der Waals surface area contributed by atoms with E-state index in [9.17, 15) is 9.59 Å². The van der Waals surface area contributed by atoms with E-state index in [1.54, 1.807) is 12.1 Å². The van der Waals surface area contributed by atoms with E-state index in [1.165, 1.54) is 11.1 Å². The van der Waals surface area contributed by atoms with Gasteiger partial charge in [-0.05, 0) is 25.0 Å². The Morgan fingerprint density at radius 2 is 1.79 bits per heavy atom. The average molecular weight is 277 g/mol. The molecular formula is C14H13ClN2O2. The molecule has 0 unspecified atom stereocenters. The molecule has 4 nitrogen and oxygen atoms in total. The van der Waals surface area contributed by atoms with E-state index in [1.807, 2.05) is 12.2 Å². The molecule has 1 aliphatic heterocycles. The van der Waals surface area contributed by atoms with E-state index in [0.29, 0.717) is 23.6 Å². The maximum Gasteiger partial charge on any atom is 0.233 e. The third kappa shape index (κ3) is 2.16. The number of nitrogens with zero attached hydrogens (tertiary/aromatic N) is 2. The van der Waals surface area contributed by atoms with E-state index < -0.39 is 0 Å². The smallest absolute Gasteiger partial charge is 0.233 e. The number of aromatic nitrogens is 1. The Morgan fingerprint density at radius 1 is 1.16 bits per heavy atom. The summed E-state index contributed by atoms with van der Waals surface area (Å²) in [5.74, 6) is -0.498. The number of pyridine rings is 1. The third-order valence-electron chi connectivity index (χ3n) is 3.71. The topological polar surface area (TPSA) is 50.3 Å². The molecule has 1 fully saturated rings. The zero-order chi connectivity index (χ0) is 13.4. The molecule has 1 saturated heterocycles. The first-order chi connectivity index (χ1) is 9.16. The zero-order valence-electron chi connectivity index (χ0n) is 10.3. The number of carbonyl (C=O) groups excluding carboxylic acids is 2. The first kappa shape index (κ1) is 12.4. The van der Waals surface area contributed by atoms with Gasteiger partial charge < -0.3 is 0 Å². The Bertz CT molecular complexity index is 527. The Labute approximate surface area is 116 Å². The highest BCUT2D eigenvalue weighted by Gasteiger charge is 2.47. The van der Waals surface area contributed by atoms with Crippen molar-refractivity contribution in [2.24, 2.45) is 11.8 Å². The molecule has 1 aliphatic carbocycles. The van der Waals surface area contributed by atoms with Crippen LogP contribution in [0.2, 0.25) is 5.02 Å². The lowest BCUT2D eigenvalue weighted by Crippen LogP contribution is -2.30. The van der Waals surface area contributed by atoms with Crippen molar-refractivity contribution in [1.29, 1.82) is 0 Å². The summed E-state index contributed by atoms with van der Waals surface area (Å²) in [6.07, 6.45) is 6.82. The van der Waals surface area contributed by atoms with Crippen molar-refractivity contribution in [2.75, 3.05) is 0 Å². The Kier molecular flexibility index (Phi) is 3.11. The molecule has 0 N–H and O–H groups in total. The second-order valence-corrected chi connectivity index (χ2v) is 5.32. The Morgan fingerprint density at radius 3 is 2.32 bits per heavy atom. The quantitative estimate of drug-likeness (QED) is 0.614. The van der Waals surface area contributed by atoms with Gasteiger partial charge >= 0.3 is 0 Å². The van der Waals surface area contributed by atoms with Crippen molar-refractivity contribution in [2.45, 2.75) is 19.4 Å². The van der Waals surface area contributed by atoms with Gasteiger partial charge in [0.25, 0.3) is 0 Å².